The van der Waals surface area contributed by atoms with Gasteiger partial charge in [0, 0.05) is 0 Å². The van der Waals surface area contributed by atoms with Crippen molar-refractivity contribution < 1.29 is 31.1 Å². The fraction of sp³-hybridized carbons (Fsp3) is 0.296. The van der Waals surface area contributed by atoms with Crippen molar-refractivity contribution in [3.63, 3.8) is 0 Å². The molecule has 0 unspecified atom stereocenters. The van der Waals surface area contributed by atoms with Gasteiger partial charge in [0.25, 0.3) is 10.0 Å². The second kappa shape index (κ2) is 12.1. The zero-order valence-corrected chi connectivity index (χ0v) is 22.6. The van der Waals surface area contributed by atoms with E-state index in [0.29, 0.717) is 22.5 Å². The Morgan fingerprint density at radius 1 is 1.03 bits per heavy atom. The molecular weight excluding hydrogens is 541 g/mol. The van der Waals surface area contributed by atoms with Crippen LogP contribution in [-0.2, 0) is 21.0 Å². The highest BCUT2D eigenvalue weighted by atomic mass is 35.5. The maximum Gasteiger partial charge on any atom is 0.416 e. The fourth-order valence-electron chi connectivity index (χ4n) is 3.86. The minimum atomic E-state index is -4.75. The molecule has 0 saturated carbocycles. The van der Waals surface area contributed by atoms with Crippen molar-refractivity contribution in [2.24, 2.45) is 5.92 Å². The molecule has 1 amide bonds. The Hall–Kier alpha value is -3.24. The largest absolute Gasteiger partial charge is 0.497 e. The van der Waals surface area contributed by atoms with E-state index in [0.717, 1.165) is 17.7 Å². The van der Waals surface area contributed by atoms with Gasteiger partial charge < -0.3 is 10.1 Å². The molecule has 11 heteroatoms. The first-order chi connectivity index (χ1) is 17.8. The second-order valence-electron chi connectivity index (χ2n) is 9.01. The standard InChI is InChI=1S/C27H28ClF3N2O4S/c1-18(2)15-24(19-9-12-21(37-3)13-10-19)32-26(34)17-33(38(35,36)22-7-5-4-6-8-22)25-16-20(27(29,30)31)11-14-23(25)28/h4-14,16,18,24H,15,17H2,1-3H3,(H,32,34)/t24-/m1/s1. The van der Waals surface area contributed by atoms with Crippen molar-refractivity contribution in [1.29, 1.82) is 0 Å². The van der Waals surface area contributed by atoms with Crippen LogP contribution in [0.2, 0.25) is 5.02 Å². The fourth-order valence-corrected chi connectivity index (χ4v) is 5.58. The molecule has 1 N–H and O–H groups in total. The van der Waals surface area contributed by atoms with Gasteiger partial charge in [-0.3, -0.25) is 9.10 Å². The lowest BCUT2D eigenvalue weighted by Crippen LogP contribution is -2.42. The molecule has 0 aromatic heterocycles. The number of hydrogen-bond donors (Lipinski definition) is 1. The second-order valence-corrected chi connectivity index (χ2v) is 11.3. The van der Waals surface area contributed by atoms with Gasteiger partial charge in [0.15, 0.2) is 0 Å². The number of rotatable bonds is 10. The zero-order valence-electron chi connectivity index (χ0n) is 21.0. The average molecular weight is 569 g/mol. The number of sulfonamides is 1. The number of alkyl halides is 3. The Kier molecular flexibility index (Phi) is 9.32. The Balaban J connectivity index is 2.01. The maximum atomic E-state index is 13.6. The van der Waals surface area contributed by atoms with Crippen LogP contribution in [0.15, 0.2) is 77.7 Å². The summed E-state index contributed by atoms with van der Waals surface area (Å²) in [5, 5.41) is 2.59. The number of ether oxygens (including phenoxy) is 1. The molecule has 3 rings (SSSR count). The lowest BCUT2D eigenvalue weighted by Gasteiger charge is -2.27. The summed E-state index contributed by atoms with van der Waals surface area (Å²) in [5.41, 5.74) is -0.783. The van der Waals surface area contributed by atoms with E-state index >= 15 is 0 Å². The van der Waals surface area contributed by atoms with E-state index < -0.39 is 45.9 Å². The number of halogens is 4. The number of nitrogens with zero attached hydrogens (tertiary/aromatic N) is 1. The molecule has 3 aromatic rings. The quantitative estimate of drug-likeness (QED) is 0.304. The predicted molar refractivity (Wildman–Crippen MR) is 141 cm³/mol. The molecule has 0 radical (unpaired) electrons. The summed E-state index contributed by atoms with van der Waals surface area (Å²) in [4.78, 5) is 13.1. The molecule has 0 aliphatic rings. The topological polar surface area (TPSA) is 75.7 Å². The monoisotopic (exact) mass is 568 g/mol. The maximum absolute atomic E-state index is 13.6. The van der Waals surface area contributed by atoms with Crippen LogP contribution in [0.1, 0.15) is 37.4 Å². The Morgan fingerprint density at radius 2 is 1.66 bits per heavy atom. The number of anilines is 1. The van der Waals surface area contributed by atoms with Gasteiger partial charge in [-0.15, -0.1) is 0 Å². The van der Waals surface area contributed by atoms with Crippen molar-refractivity contribution >= 4 is 33.2 Å². The smallest absolute Gasteiger partial charge is 0.416 e. The minimum Gasteiger partial charge on any atom is -0.497 e. The first-order valence-corrected chi connectivity index (χ1v) is 13.5. The zero-order chi connectivity index (χ0) is 28.1. The molecule has 0 fully saturated rings. The van der Waals surface area contributed by atoms with Crippen molar-refractivity contribution in [1.82, 2.24) is 5.32 Å². The van der Waals surface area contributed by atoms with Crippen LogP contribution in [-0.4, -0.2) is 28.0 Å². The number of nitrogens with one attached hydrogen (secondary N) is 1. The molecule has 0 bridgehead atoms. The highest BCUT2D eigenvalue weighted by molar-refractivity contribution is 7.92. The SMILES string of the molecule is COc1ccc([C@@H](CC(C)C)NC(=O)CN(c2cc(C(F)(F)F)ccc2Cl)S(=O)(=O)c2ccccc2)cc1. The molecule has 6 nitrogen and oxygen atoms in total. The third-order valence-corrected chi connectivity index (χ3v) is 7.81. The number of carbonyl (C=O) groups is 1. The van der Waals surface area contributed by atoms with Crippen molar-refractivity contribution in [3.8, 4) is 5.75 Å². The van der Waals surface area contributed by atoms with Crippen LogP contribution in [0.25, 0.3) is 0 Å². The summed E-state index contributed by atoms with van der Waals surface area (Å²) in [7, 11) is -2.93. The van der Waals surface area contributed by atoms with E-state index in [9.17, 15) is 26.4 Å². The summed E-state index contributed by atoms with van der Waals surface area (Å²) in [6.45, 7) is 3.15. The van der Waals surface area contributed by atoms with E-state index in [-0.39, 0.29) is 15.8 Å². The van der Waals surface area contributed by atoms with Gasteiger partial charge in [-0.25, -0.2) is 8.42 Å². The average Bonchev–Trinajstić information content (AvgIpc) is 2.87. The minimum absolute atomic E-state index is 0.171. The van der Waals surface area contributed by atoms with E-state index in [1.54, 1.807) is 30.3 Å². The first-order valence-electron chi connectivity index (χ1n) is 11.7. The molecular formula is C27H28ClF3N2O4S. The Bertz CT molecular complexity index is 1350. The Morgan fingerprint density at radius 3 is 2.21 bits per heavy atom. The first kappa shape index (κ1) is 29.3. The molecule has 0 saturated heterocycles. The van der Waals surface area contributed by atoms with Crippen LogP contribution in [0, 0.1) is 5.92 Å². The van der Waals surface area contributed by atoms with Crippen molar-refractivity contribution in [2.75, 3.05) is 18.0 Å². The van der Waals surface area contributed by atoms with E-state index in [1.165, 1.54) is 31.4 Å². The molecule has 0 aliphatic carbocycles. The molecule has 0 heterocycles. The summed E-state index contributed by atoms with van der Waals surface area (Å²) in [6, 6.07) is 16.0. The molecule has 3 aromatic carbocycles. The lowest BCUT2D eigenvalue weighted by molar-refractivity contribution is -0.137. The van der Waals surface area contributed by atoms with E-state index in [1.807, 2.05) is 13.8 Å². The van der Waals surface area contributed by atoms with Crippen LogP contribution >= 0.6 is 11.6 Å². The lowest BCUT2D eigenvalue weighted by atomic mass is 9.97. The van der Waals surface area contributed by atoms with Crippen molar-refractivity contribution in [2.45, 2.75) is 37.4 Å². The number of hydrogen-bond acceptors (Lipinski definition) is 4. The summed E-state index contributed by atoms with van der Waals surface area (Å²) in [5.74, 6) is 0.0895. The highest BCUT2D eigenvalue weighted by Gasteiger charge is 2.35. The van der Waals surface area contributed by atoms with Gasteiger partial charge in [-0.05, 0) is 60.4 Å². The van der Waals surface area contributed by atoms with Gasteiger partial charge >= 0.3 is 6.18 Å². The number of benzene rings is 3. The van der Waals surface area contributed by atoms with E-state index in [2.05, 4.69) is 5.32 Å². The van der Waals surface area contributed by atoms with Gasteiger partial charge in [0.2, 0.25) is 5.91 Å². The third-order valence-electron chi connectivity index (χ3n) is 5.72. The van der Waals surface area contributed by atoms with Crippen LogP contribution < -0.4 is 14.4 Å². The number of carbonyl (C=O) groups excluding carboxylic acids is 1. The molecule has 1 atom stereocenters. The molecule has 0 aliphatic heterocycles. The normalized spacial score (nSPS) is 12.7. The highest BCUT2D eigenvalue weighted by Crippen LogP contribution is 2.37. The van der Waals surface area contributed by atoms with Gasteiger partial charge in [0.05, 0.1) is 34.3 Å². The van der Waals surface area contributed by atoms with Crippen LogP contribution in [0.5, 0.6) is 5.75 Å². The van der Waals surface area contributed by atoms with Crippen LogP contribution in [0.3, 0.4) is 0 Å². The summed E-state index contributed by atoms with van der Waals surface area (Å²) >= 11 is 6.20. The van der Waals surface area contributed by atoms with Gasteiger partial charge in [0.1, 0.15) is 12.3 Å². The van der Waals surface area contributed by atoms with Crippen LogP contribution in [0.4, 0.5) is 18.9 Å². The summed E-state index contributed by atoms with van der Waals surface area (Å²) < 4.78 is 73.4. The van der Waals surface area contributed by atoms with Crippen molar-refractivity contribution in [3.05, 3.63) is 88.9 Å². The Labute approximate surface area is 225 Å². The van der Waals surface area contributed by atoms with Gasteiger partial charge in [-0.1, -0.05) is 55.8 Å². The van der Waals surface area contributed by atoms with E-state index in [4.69, 9.17) is 16.3 Å². The molecule has 0 spiro atoms. The molecule has 204 valence electrons. The predicted octanol–water partition coefficient (Wildman–Crippen LogP) is 6.47. The summed E-state index contributed by atoms with van der Waals surface area (Å²) in [6.07, 6.45) is -4.21. The van der Waals surface area contributed by atoms with Gasteiger partial charge in [-0.2, -0.15) is 13.2 Å². The molecule has 38 heavy (non-hydrogen) atoms. The third kappa shape index (κ3) is 7.20. The number of amides is 1. The number of methoxy groups -OCH3 is 1.